The minimum absolute atomic E-state index is 0.246. The molecule has 0 aliphatic carbocycles. The maximum Gasteiger partial charge on any atom is 0.194 e. The number of aromatic hydroxyl groups is 1. The Bertz CT molecular complexity index is 709. The predicted molar refractivity (Wildman–Crippen MR) is 102 cm³/mol. The lowest BCUT2D eigenvalue weighted by Crippen LogP contribution is -2.52. The average Bonchev–Trinajstić information content (AvgIpc) is 3.20. The SMILES string of the molecule is CCNC(=NCC(O)c1ccco1)N1CCN(c2ccccc2O)CC1. The molecule has 0 amide bonds. The van der Waals surface area contributed by atoms with Crippen LogP contribution in [0.2, 0.25) is 0 Å². The second kappa shape index (κ2) is 8.62. The van der Waals surface area contributed by atoms with Crippen LogP contribution in [0.15, 0.2) is 52.1 Å². The Balaban J connectivity index is 1.61. The number of para-hydroxylation sites is 2. The Labute approximate surface area is 153 Å². The second-order valence-electron chi connectivity index (χ2n) is 6.19. The first-order valence-corrected chi connectivity index (χ1v) is 8.96. The zero-order valence-electron chi connectivity index (χ0n) is 15.0. The van der Waals surface area contributed by atoms with Crippen molar-refractivity contribution in [3.05, 3.63) is 48.4 Å². The third-order valence-electron chi connectivity index (χ3n) is 4.42. The van der Waals surface area contributed by atoms with E-state index in [-0.39, 0.29) is 6.54 Å². The van der Waals surface area contributed by atoms with Crippen molar-refractivity contribution in [2.45, 2.75) is 13.0 Å². The van der Waals surface area contributed by atoms with Gasteiger partial charge in [0.15, 0.2) is 5.96 Å². The number of guanidine groups is 1. The maximum absolute atomic E-state index is 10.2. The van der Waals surface area contributed by atoms with E-state index >= 15 is 0 Å². The lowest BCUT2D eigenvalue weighted by atomic mass is 10.2. The molecule has 140 valence electrons. The molecule has 1 aliphatic rings. The van der Waals surface area contributed by atoms with Crippen LogP contribution in [-0.2, 0) is 0 Å². The van der Waals surface area contributed by atoms with Gasteiger partial charge in [-0.3, -0.25) is 0 Å². The van der Waals surface area contributed by atoms with Gasteiger partial charge in [-0.1, -0.05) is 12.1 Å². The molecule has 0 spiro atoms. The molecular formula is C19H26N4O3. The van der Waals surface area contributed by atoms with Gasteiger partial charge in [0.25, 0.3) is 0 Å². The van der Waals surface area contributed by atoms with Gasteiger partial charge in [-0.25, -0.2) is 4.99 Å². The Kier molecular flexibility index (Phi) is 6.01. The van der Waals surface area contributed by atoms with Crippen molar-refractivity contribution in [3.8, 4) is 5.75 Å². The van der Waals surface area contributed by atoms with E-state index in [0.29, 0.717) is 11.5 Å². The standard InChI is InChI=1S/C19H26N4O3/c1-2-20-19(21-14-17(25)18-8-5-13-26-18)23-11-9-22(10-12-23)15-6-3-4-7-16(15)24/h3-8,13,17,24-25H,2,9-12,14H2,1H3,(H,20,21). The number of aliphatic hydroxyl groups excluding tert-OH is 1. The van der Waals surface area contributed by atoms with E-state index in [1.807, 2.05) is 25.1 Å². The highest BCUT2D eigenvalue weighted by Crippen LogP contribution is 2.27. The molecular weight excluding hydrogens is 332 g/mol. The third kappa shape index (κ3) is 4.29. The van der Waals surface area contributed by atoms with Crippen LogP contribution in [0.5, 0.6) is 5.75 Å². The average molecular weight is 358 g/mol. The summed E-state index contributed by atoms with van der Waals surface area (Å²) in [6.07, 6.45) is 0.798. The van der Waals surface area contributed by atoms with Crippen LogP contribution in [0.25, 0.3) is 0 Å². The number of furan rings is 1. The first kappa shape index (κ1) is 18.1. The first-order valence-electron chi connectivity index (χ1n) is 8.96. The highest BCUT2D eigenvalue weighted by Gasteiger charge is 2.21. The molecule has 1 atom stereocenters. The van der Waals surface area contributed by atoms with Gasteiger partial charge in [-0.2, -0.15) is 0 Å². The molecule has 0 radical (unpaired) electrons. The molecule has 2 aromatic rings. The van der Waals surface area contributed by atoms with E-state index in [1.54, 1.807) is 24.5 Å². The van der Waals surface area contributed by atoms with Crippen LogP contribution in [0.4, 0.5) is 5.69 Å². The number of phenols is 1. The van der Waals surface area contributed by atoms with Crippen LogP contribution < -0.4 is 10.2 Å². The van der Waals surface area contributed by atoms with Crippen molar-refractivity contribution >= 4 is 11.6 Å². The van der Waals surface area contributed by atoms with Crippen LogP contribution in [0.3, 0.4) is 0 Å². The van der Waals surface area contributed by atoms with E-state index < -0.39 is 6.10 Å². The largest absolute Gasteiger partial charge is 0.506 e. The number of piperazine rings is 1. The number of aliphatic hydroxyl groups is 1. The molecule has 2 heterocycles. The zero-order chi connectivity index (χ0) is 18.4. The Hall–Kier alpha value is -2.67. The summed E-state index contributed by atoms with van der Waals surface area (Å²) in [5.74, 6) is 1.62. The van der Waals surface area contributed by atoms with Crippen molar-refractivity contribution < 1.29 is 14.6 Å². The van der Waals surface area contributed by atoms with Gasteiger partial charge in [0.05, 0.1) is 18.5 Å². The molecule has 0 saturated carbocycles. The number of nitrogens with zero attached hydrogens (tertiary/aromatic N) is 3. The molecule has 7 heteroatoms. The summed E-state index contributed by atoms with van der Waals surface area (Å²) < 4.78 is 5.22. The highest BCUT2D eigenvalue weighted by molar-refractivity contribution is 5.80. The monoisotopic (exact) mass is 358 g/mol. The highest BCUT2D eigenvalue weighted by atomic mass is 16.4. The number of rotatable bonds is 5. The van der Waals surface area contributed by atoms with Crippen LogP contribution in [0, 0.1) is 0 Å². The smallest absolute Gasteiger partial charge is 0.194 e. The summed E-state index contributed by atoms with van der Waals surface area (Å²) in [6, 6.07) is 10.9. The number of anilines is 1. The molecule has 1 fully saturated rings. The molecule has 3 N–H and O–H groups in total. The molecule has 1 unspecified atom stereocenters. The lowest BCUT2D eigenvalue weighted by Gasteiger charge is -2.38. The number of hydrogen-bond acceptors (Lipinski definition) is 5. The minimum Gasteiger partial charge on any atom is -0.506 e. The molecule has 1 saturated heterocycles. The molecule has 1 aliphatic heterocycles. The predicted octanol–water partition coefficient (Wildman–Crippen LogP) is 1.81. The van der Waals surface area contributed by atoms with E-state index in [4.69, 9.17) is 4.42 Å². The van der Waals surface area contributed by atoms with E-state index in [2.05, 4.69) is 20.1 Å². The van der Waals surface area contributed by atoms with Crippen LogP contribution >= 0.6 is 0 Å². The molecule has 3 rings (SSSR count). The van der Waals surface area contributed by atoms with Gasteiger partial charge in [-0.15, -0.1) is 0 Å². The van der Waals surface area contributed by atoms with Crippen molar-refractivity contribution in [1.29, 1.82) is 0 Å². The molecule has 26 heavy (non-hydrogen) atoms. The summed E-state index contributed by atoms with van der Waals surface area (Å²) in [7, 11) is 0. The maximum atomic E-state index is 10.2. The number of benzene rings is 1. The van der Waals surface area contributed by atoms with Crippen molar-refractivity contribution in [2.24, 2.45) is 4.99 Å². The van der Waals surface area contributed by atoms with Crippen molar-refractivity contribution in [2.75, 3.05) is 44.2 Å². The fourth-order valence-electron chi connectivity index (χ4n) is 3.06. The fraction of sp³-hybridized carbons (Fsp3) is 0.421. The quantitative estimate of drug-likeness (QED) is 0.558. The van der Waals surface area contributed by atoms with Gasteiger partial charge >= 0.3 is 0 Å². The number of phenolic OH excluding ortho intramolecular Hbond substituents is 1. The molecule has 1 aromatic heterocycles. The summed E-state index contributed by atoms with van der Waals surface area (Å²) in [5, 5.41) is 23.5. The minimum atomic E-state index is -0.749. The van der Waals surface area contributed by atoms with Gasteiger partial charge in [0.2, 0.25) is 0 Å². The van der Waals surface area contributed by atoms with Crippen LogP contribution in [0.1, 0.15) is 18.8 Å². The molecule has 0 bridgehead atoms. The molecule has 7 nitrogen and oxygen atoms in total. The van der Waals surface area contributed by atoms with E-state index in [9.17, 15) is 10.2 Å². The van der Waals surface area contributed by atoms with E-state index in [1.165, 1.54) is 0 Å². The lowest BCUT2D eigenvalue weighted by molar-refractivity contribution is 0.158. The fourth-order valence-corrected chi connectivity index (χ4v) is 3.06. The van der Waals surface area contributed by atoms with Gasteiger partial charge in [0.1, 0.15) is 17.6 Å². The summed E-state index contributed by atoms with van der Waals surface area (Å²) in [4.78, 5) is 8.91. The summed E-state index contributed by atoms with van der Waals surface area (Å²) in [6.45, 7) is 6.20. The van der Waals surface area contributed by atoms with Crippen LogP contribution in [-0.4, -0.2) is 60.3 Å². The molecule has 1 aromatic carbocycles. The topological polar surface area (TPSA) is 84.5 Å². The van der Waals surface area contributed by atoms with Crippen molar-refractivity contribution in [1.82, 2.24) is 10.2 Å². The number of hydrogen-bond donors (Lipinski definition) is 3. The Morgan fingerprint density at radius 1 is 1.19 bits per heavy atom. The summed E-state index contributed by atoms with van der Waals surface area (Å²) >= 11 is 0. The Morgan fingerprint density at radius 2 is 1.96 bits per heavy atom. The van der Waals surface area contributed by atoms with Crippen molar-refractivity contribution in [3.63, 3.8) is 0 Å². The van der Waals surface area contributed by atoms with Gasteiger partial charge in [0, 0.05) is 32.7 Å². The Morgan fingerprint density at radius 3 is 2.62 bits per heavy atom. The normalized spacial score (nSPS) is 16.6. The first-order chi connectivity index (χ1) is 12.7. The third-order valence-corrected chi connectivity index (χ3v) is 4.42. The number of aliphatic imine (C=N–C) groups is 1. The van der Waals surface area contributed by atoms with Gasteiger partial charge in [-0.05, 0) is 31.2 Å². The van der Waals surface area contributed by atoms with E-state index in [0.717, 1.165) is 44.4 Å². The second-order valence-corrected chi connectivity index (χ2v) is 6.19. The zero-order valence-corrected chi connectivity index (χ0v) is 15.0. The summed E-state index contributed by atoms with van der Waals surface area (Å²) in [5.41, 5.74) is 0.863. The van der Waals surface area contributed by atoms with Gasteiger partial charge < -0.3 is 29.7 Å². The number of nitrogens with one attached hydrogen (secondary N) is 1.